The maximum Gasteiger partial charge on any atom is 0.241 e. The van der Waals surface area contributed by atoms with Crippen molar-refractivity contribution >= 4 is 15.7 Å². The van der Waals surface area contributed by atoms with E-state index >= 15 is 0 Å². The number of sulfonamides is 1. The second-order valence-electron chi connectivity index (χ2n) is 3.78. The third kappa shape index (κ3) is 2.66. The van der Waals surface area contributed by atoms with Crippen LogP contribution < -0.4 is 10.5 Å². The topological polar surface area (TPSA) is 114 Å². The molecule has 0 spiro atoms. The van der Waals surface area contributed by atoms with Crippen LogP contribution in [-0.2, 0) is 16.6 Å². The number of hydrogen-bond acceptors (Lipinski definition) is 5. The third-order valence-corrected chi connectivity index (χ3v) is 3.85. The molecule has 0 radical (unpaired) electrons. The molecule has 18 heavy (non-hydrogen) atoms. The van der Waals surface area contributed by atoms with Gasteiger partial charge in [-0.15, -0.1) is 0 Å². The fourth-order valence-corrected chi connectivity index (χ4v) is 2.37. The molecule has 0 amide bonds. The molecular formula is C10H13N5O2S. The maximum absolute atomic E-state index is 12.0. The highest BCUT2D eigenvalue weighted by molar-refractivity contribution is 7.89. The number of aromatic nitrogens is 3. The Kier molecular flexibility index (Phi) is 3.30. The van der Waals surface area contributed by atoms with Crippen LogP contribution in [0.15, 0.2) is 29.4 Å². The number of hydrogen-bond donors (Lipinski definition) is 3. The van der Waals surface area contributed by atoms with Gasteiger partial charge in [-0.05, 0) is 24.6 Å². The van der Waals surface area contributed by atoms with Crippen molar-refractivity contribution < 1.29 is 8.42 Å². The van der Waals surface area contributed by atoms with Crippen LogP contribution in [0.5, 0.6) is 0 Å². The molecule has 0 aliphatic carbocycles. The van der Waals surface area contributed by atoms with Crippen molar-refractivity contribution in [3.8, 4) is 0 Å². The van der Waals surface area contributed by atoms with E-state index in [2.05, 4.69) is 19.9 Å². The van der Waals surface area contributed by atoms with Gasteiger partial charge in [0.1, 0.15) is 12.2 Å². The molecule has 7 nitrogen and oxygen atoms in total. The van der Waals surface area contributed by atoms with Gasteiger partial charge in [-0.25, -0.2) is 18.1 Å². The highest BCUT2D eigenvalue weighted by atomic mass is 32.2. The molecule has 2 aromatic rings. The number of benzene rings is 1. The predicted octanol–water partition coefficient (Wildman–Crippen LogP) is 0.174. The number of anilines is 1. The number of nitrogen functional groups attached to an aromatic ring is 1. The number of nitrogens with two attached hydrogens (primary N) is 1. The van der Waals surface area contributed by atoms with Crippen molar-refractivity contribution in [2.45, 2.75) is 18.4 Å². The van der Waals surface area contributed by atoms with Crippen molar-refractivity contribution in [3.05, 3.63) is 35.9 Å². The summed E-state index contributed by atoms with van der Waals surface area (Å²) in [5, 5.41) is 6.20. The Morgan fingerprint density at radius 3 is 2.83 bits per heavy atom. The first-order chi connectivity index (χ1) is 8.49. The molecule has 0 aliphatic heterocycles. The Labute approximate surface area is 104 Å². The van der Waals surface area contributed by atoms with Crippen molar-refractivity contribution in [2.75, 3.05) is 5.73 Å². The number of rotatable bonds is 4. The third-order valence-electron chi connectivity index (χ3n) is 2.46. The monoisotopic (exact) mass is 267 g/mol. The molecule has 0 aliphatic rings. The fraction of sp³-hybridized carbons (Fsp3) is 0.200. The highest BCUT2D eigenvalue weighted by Crippen LogP contribution is 2.17. The first-order valence-electron chi connectivity index (χ1n) is 5.19. The Bertz CT molecular complexity index is 636. The normalized spacial score (nSPS) is 11.6. The summed E-state index contributed by atoms with van der Waals surface area (Å²) < 4.78 is 26.3. The van der Waals surface area contributed by atoms with Gasteiger partial charge in [0.2, 0.25) is 10.0 Å². The highest BCUT2D eigenvalue weighted by Gasteiger charge is 2.15. The number of nitrogens with one attached hydrogen (secondary N) is 2. The minimum Gasteiger partial charge on any atom is -0.398 e. The standard InChI is InChI=1S/C10H13N5O2S/c1-7-2-3-8(4-9(7)11)18(16,17)14-5-10-12-6-13-15-10/h2-4,6,14H,5,11H2,1H3,(H,12,13,15). The van der Waals surface area contributed by atoms with Crippen LogP contribution in [0.4, 0.5) is 5.69 Å². The SMILES string of the molecule is Cc1ccc(S(=O)(=O)NCc2ncn[nH]2)cc1N. The van der Waals surface area contributed by atoms with E-state index in [-0.39, 0.29) is 11.4 Å². The van der Waals surface area contributed by atoms with E-state index in [1.807, 2.05) is 6.92 Å². The molecule has 0 bridgehead atoms. The summed E-state index contributed by atoms with van der Waals surface area (Å²) in [7, 11) is -3.59. The lowest BCUT2D eigenvalue weighted by molar-refractivity contribution is 0.579. The summed E-state index contributed by atoms with van der Waals surface area (Å²) in [6.07, 6.45) is 1.31. The van der Waals surface area contributed by atoms with Crippen molar-refractivity contribution in [3.63, 3.8) is 0 Å². The summed E-state index contributed by atoms with van der Waals surface area (Å²) >= 11 is 0. The van der Waals surface area contributed by atoms with E-state index in [0.29, 0.717) is 11.5 Å². The molecule has 0 atom stereocenters. The molecule has 1 heterocycles. The first-order valence-corrected chi connectivity index (χ1v) is 6.67. The number of aryl methyl sites for hydroxylation is 1. The lowest BCUT2D eigenvalue weighted by atomic mass is 10.2. The lowest BCUT2D eigenvalue weighted by Crippen LogP contribution is -2.24. The van der Waals surface area contributed by atoms with Crippen LogP contribution in [0.25, 0.3) is 0 Å². The van der Waals surface area contributed by atoms with Gasteiger partial charge in [-0.3, -0.25) is 5.10 Å². The quantitative estimate of drug-likeness (QED) is 0.683. The molecular weight excluding hydrogens is 254 g/mol. The number of aromatic amines is 1. The van der Waals surface area contributed by atoms with E-state index in [9.17, 15) is 8.42 Å². The smallest absolute Gasteiger partial charge is 0.241 e. The Morgan fingerprint density at radius 1 is 1.44 bits per heavy atom. The first kappa shape index (κ1) is 12.5. The predicted molar refractivity (Wildman–Crippen MR) is 66.0 cm³/mol. The Morgan fingerprint density at radius 2 is 2.22 bits per heavy atom. The van der Waals surface area contributed by atoms with E-state index in [1.165, 1.54) is 18.5 Å². The Hall–Kier alpha value is -1.93. The molecule has 8 heteroatoms. The fourth-order valence-electron chi connectivity index (χ4n) is 1.35. The summed E-state index contributed by atoms with van der Waals surface area (Å²) in [5.74, 6) is 0.443. The van der Waals surface area contributed by atoms with Crippen LogP contribution in [-0.4, -0.2) is 23.6 Å². The van der Waals surface area contributed by atoms with Crippen molar-refractivity contribution in [2.24, 2.45) is 0 Å². The van der Waals surface area contributed by atoms with Gasteiger partial charge in [0.15, 0.2) is 0 Å². The Balaban J connectivity index is 2.17. The van der Waals surface area contributed by atoms with Crippen molar-refractivity contribution in [1.29, 1.82) is 0 Å². The molecule has 1 aromatic carbocycles. The molecule has 2 rings (SSSR count). The molecule has 1 aromatic heterocycles. The zero-order valence-corrected chi connectivity index (χ0v) is 10.5. The zero-order valence-electron chi connectivity index (χ0n) is 9.71. The minimum absolute atomic E-state index is 0.0517. The molecule has 4 N–H and O–H groups in total. The van der Waals surface area contributed by atoms with E-state index in [1.54, 1.807) is 6.07 Å². The van der Waals surface area contributed by atoms with Crippen LogP contribution in [0.3, 0.4) is 0 Å². The second kappa shape index (κ2) is 4.75. The van der Waals surface area contributed by atoms with Gasteiger partial charge < -0.3 is 5.73 Å². The van der Waals surface area contributed by atoms with Gasteiger partial charge in [0, 0.05) is 5.69 Å². The summed E-state index contributed by atoms with van der Waals surface area (Å²) in [5.41, 5.74) is 6.97. The molecule has 0 fully saturated rings. The van der Waals surface area contributed by atoms with Gasteiger partial charge in [-0.2, -0.15) is 5.10 Å². The summed E-state index contributed by atoms with van der Waals surface area (Å²) in [6.45, 7) is 1.86. The molecule has 0 unspecified atom stereocenters. The van der Waals surface area contributed by atoms with E-state index in [0.717, 1.165) is 5.56 Å². The lowest BCUT2D eigenvalue weighted by Gasteiger charge is -2.07. The molecule has 96 valence electrons. The van der Waals surface area contributed by atoms with E-state index in [4.69, 9.17) is 5.73 Å². The van der Waals surface area contributed by atoms with Crippen LogP contribution in [0.2, 0.25) is 0 Å². The zero-order chi connectivity index (χ0) is 13.2. The van der Waals surface area contributed by atoms with Gasteiger partial charge in [0.05, 0.1) is 11.4 Å². The summed E-state index contributed by atoms with van der Waals surface area (Å²) in [6, 6.07) is 4.60. The number of nitrogens with zero attached hydrogens (tertiary/aromatic N) is 2. The van der Waals surface area contributed by atoms with Crippen LogP contribution >= 0.6 is 0 Å². The van der Waals surface area contributed by atoms with Gasteiger partial charge in [-0.1, -0.05) is 6.07 Å². The second-order valence-corrected chi connectivity index (χ2v) is 5.54. The minimum atomic E-state index is -3.59. The van der Waals surface area contributed by atoms with Gasteiger partial charge in [0.25, 0.3) is 0 Å². The average molecular weight is 267 g/mol. The van der Waals surface area contributed by atoms with E-state index < -0.39 is 10.0 Å². The largest absolute Gasteiger partial charge is 0.398 e. The molecule has 0 saturated heterocycles. The summed E-state index contributed by atoms with van der Waals surface area (Å²) in [4.78, 5) is 3.96. The maximum atomic E-state index is 12.0. The van der Waals surface area contributed by atoms with Crippen LogP contribution in [0, 0.1) is 6.92 Å². The average Bonchev–Trinajstić information content (AvgIpc) is 2.83. The van der Waals surface area contributed by atoms with Crippen LogP contribution in [0.1, 0.15) is 11.4 Å². The molecule has 0 saturated carbocycles. The number of H-pyrrole nitrogens is 1. The van der Waals surface area contributed by atoms with Crippen molar-refractivity contribution in [1.82, 2.24) is 19.9 Å². The van der Waals surface area contributed by atoms with Gasteiger partial charge >= 0.3 is 0 Å².